The van der Waals surface area contributed by atoms with Gasteiger partial charge in [-0.2, -0.15) is 5.10 Å². The van der Waals surface area contributed by atoms with E-state index in [1.165, 1.54) is 17.3 Å². The highest BCUT2D eigenvalue weighted by Crippen LogP contribution is 2.35. The number of benzene rings is 2. The SMILES string of the molecule is COc1cc(-c2nn(-c3ccc(Cl)c(N(C)C(=O)C=CCN(C)C)c3)c3ncnc(N)c23)ccc1C. The van der Waals surface area contributed by atoms with Gasteiger partial charge in [-0.15, -0.1) is 0 Å². The molecule has 0 atom stereocenters. The third kappa shape index (κ3) is 4.89. The summed E-state index contributed by atoms with van der Waals surface area (Å²) in [6.07, 6.45) is 4.74. The molecule has 0 radical (unpaired) electrons. The fraction of sp³-hybridized carbons (Fsp3) is 0.231. The number of anilines is 2. The number of aryl methyl sites for hydroxylation is 1. The Labute approximate surface area is 214 Å². The normalized spacial score (nSPS) is 11.5. The molecule has 0 aliphatic carbocycles. The second-order valence-electron chi connectivity index (χ2n) is 8.60. The Balaban J connectivity index is 1.82. The van der Waals surface area contributed by atoms with Gasteiger partial charge in [-0.25, -0.2) is 14.6 Å². The first-order valence-electron chi connectivity index (χ1n) is 11.2. The van der Waals surface area contributed by atoms with Crippen molar-refractivity contribution < 1.29 is 9.53 Å². The van der Waals surface area contributed by atoms with Gasteiger partial charge in [0.2, 0.25) is 5.91 Å². The number of amides is 1. The van der Waals surface area contributed by atoms with Gasteiger partial charge in [-0.3, -0.25) is 4.79 Å². The average Bonchev–Trinajstić information content (AvgIpc) is 3.25. The number of nitrogens with zero attached hydrogens (tertiary/aromatic N) is 6. The van der Waals surface area contributed by atoms with Crippen molar-refractivity contribution in [3.8, 4) is 22.7 Å². The zero-order chi connectivity index (χ0) is 26.0. The number of methoxy groups -OCH3 is 1. The molecule has 2 aromatic carbocycles. The van der Waals surface area contributed by atoms with Gasteiger partial charge in [0.25, 0.3) is 0 Å². The van der Waals surface area contributed by atoms with E-state index in [0.29, 0.717) is 45.5 Å². The number of nitrogen functional groups attached to an aromatic ring is 1. The van der Waals surface area contributed by atoms with Crippen LogP contribution in [-0.2, 0) is 4.79 Å². The van der Waals surface area contributed by atoms with Gasteiger partial charge in [0, 0.05) is 25.2 Å². The smallest absolute Gasteiger partial charge is 0.250 e. The number of carbonyl (C=O) groups excluding carboxylic acids is 1. The molecule has 10 heteroatoms. The summed E-state index contributed by atoms with van der Waals surface area (Å²) in [5.74, 6) is 0.857. The molecular formula is C26H28ClN7O2. The van der Waals surface area contributed by atoms with Gasteiger partial charge in [-0.1, -0.05) is 29.8 Å². The van der Waals surface area contributed by atoms with E-state index in [9.17, 15) is 4.79 Å². The van der Waals surface area contributed by atoms with Crippen LogP contribution in [0.3, 0.4) is 0 Å². The van der Waals surface area contributed by atoms with E-state index in [2.05, 4.69) is 9.97 Å². The third-order valence-corrected chi connectivity index (χ3v) is 6.09. The highest BCUT2D eigenvalue weighted by molar-refractivity contribution is 6.34. The lowest BCUT2D eigenvalue weighted by molar-refractivity contribution is -0.113. The number of rotatable bonds is 7. The minimum Gasteiger partial charge on any atom is -0.496 e. The van der Waals surface area contributed by atoms with Crippen molar-refractivity contribution in [1.29, 1.82) is 0 Å². The second kappa shape index (κ2) is 10.3. The van der Waals surface area contributed by atoms with E-state index < -0.39 is 0 Å². The summed E-state index contributed by atoms with van der Waals surface area (Å²) in [7, 11) is 7.18. The van der Waals surface area contributed by atoms with Crippen molar-refractivity contribution in [2.24, 2.45) is 0 Å². The predicted molar refractivity (Wildman–Crippen MR) is 144 cm³/mol. The summed E-state index contributed by atoms with van der Waals surface area (Å²) in [5.41, 5.74) is 10.5. The first-order valence-corrected chi connectivity index (χ1v) is 11.6. The molecule has 2 N–H and O–H groups in total. The molecule has 36 heavy (non-hydrogen) atoms. The molecule has 2 aromatic heterocycles. The third-order valence-electron chi connectivity index (χ3n) is 5.77. The van der Waals surface area contributed by atoms with Crippen molar-refractivity contribution in [1.82, 2.24) is 24.6 Å². The van der Waals surface area contributed by atoms with Crippen LogP contribution >= 0.6 is 11.6 Å². The summed E-state index contributed by atoms with van der Waals surface area (Å²) < 4.78 is 7.18. The number of fused-ring (bicyclic) bond motifs is 1. The van der Waals surface area contributed by atoms with Crippen LogP contribution < -0.4 is 15.4 Å². The predicted octanol–water partition coefficient (Wildman–Crippen LogP) is 4.12. The molecule has 9 nitrogen and oxygen atoms in total. The number of hydrogen-bond acceptors (Lipinski definition) is 7. The van der Waals surface area contributed by atoms with Crippen LogP contribution in [0, 0.1) is 6.92 Å². The van der Waals surface area contributed by atoms with Crippen molar-refractivity contribution >= 4 is 40.0 Å². The summed E-state index contributed by atoms with van der Waals surface area (Å²) in [6.45, 7) is 2.62. The van der Waals surface area contributed by atoms with Gasteiger partial charge in [0.05, 0.1) is 28.9 Å². The minimum atomic E-state index is -0.194. The van der Waals surface area contributed by atoms with Crippen LogP contribution in [0.25, 0.3) is 28.0 Å². The molecule has 4 rings (SSSR count). The van der Waals surface area contributed by atoms with Gasteiger partial charge in [-0.05, 0) is 50.8 Å². The Bertz CT molecular complexity index is 1460. The molecule has 2 heterocycles. The fourth-order valence-corrected chi connectivity index (χ4v) is 4.05. The van der Waals surface area contributed by atoms with Gasteiger partial charge in [0.15, 0.2) is 5.65 Å². The Hall–Kier alpha value is -3.95. The molecule has 0 saturated carbocycles. The van der Waals surface area contributed by atoms with E-state index in [0.717, 1.165) is 16.9 Å². The average molecular weight is 506 g/mol. The summed E-state index contributed by atoms with van der Waals surface area (Å²) in [4.78, 5) is 24.9. The molecule has 0 aliphatic heterocycles. The molecule has 0 bridgehead atoms. The Morgan fingerprint density at radius 3 is 2.67 bits per heavy atom. The first kappa shape index (κ1) is 25.2. The van der Waals surface area contributed by atoms with Crippen molar-refractivity contribution in [3.05, 3.63) is 65.5 Å². The van der Waals surface area contributed by atoms with Crippen LogP contribution in [0.2, 0.25) is 5.02 Å². The summed E-state index contributed by atoms with van der Waals surface area (Å²) in [5, 5.41) is 5.91. The molecule has 0 fully saturated rings. The summed E-state index contributed by atoms with van der Waals surface area (Å²) in [6, 6.07) is 11.2. The minimum absolute atomic E-state index is 0.194. The van der Waals surface area contributed by atoms with Crippen LogP contribution in [0.1, 0.15) is 5.56 Å². The summed E-state index contributed by atoms with van der Waals surface area (Å²) >= 11 is 6.48. The maximum atomic E-state index is 12.7. The fourth-order valence-electron chi connectivity index (χ4n) is 3.81. The highest BCUT2D eigenvalue weighted by atomic mass is 35.5. The Kier molecular flexibility index (Phi) is 7.23. The van der Waals surface area contributed by atoms with Gasteiger partial charge >= 0.3 is 0 Å². The lowest BCUT2D eigenvalue weighted by atomic mass is 10.1. The highest BCUT2D eigenvalue weighted by Gasteiger charge is 2.20. The van der Waals surface area contributed by atoms with E-state index in [1.807, 2.05) is 50.2 Å². The molecule has 0 aliphatic rings. The number of carbonyl (C=O) groups is 1. The number of halogens is 1. The van der Waals surface area contributed by atoms with E-state index in [4.69, 9.17) is 27.2 Å². The topological polar surface area (TPSA) is 102 Å². The van der Waals surface area contributed by atoms with Gasteiger partial charge < -0.3 is 20.3 Å². The molecular weight excluding hydrogens is 478 g/mol. The Morgan fingerprint density at radius 1 is 1.17 bits per heavy atom. The molecule has 1 amide bonds. The quantitative estimate of drug-likeness (QED) is 0.377. The van der Waals surface area contributed by atoms with E-state index in [-0.39, 0.29) is 5.91 Å². The van der Waals surface area contributed by atoms with E-state index in [1.54, 1.807) is 37.0 Å². The molecule has 0 spiro atoms. The standard InChI is InChI=1S/C26H28ClN7O2/c1-16-8-9-17(13-21(16)36-5)24-23-25(28)29-15-30-26(23)34(31-24)18-10-11-19(27)20(14-18)33(4)22(35)7-6-12-32(2)3/h6-11,13-15H,12H2,1-5H3,(H2,28,29,30). The Morgan fingerprint density at radius 2 is 1.94 bits per heavy atom. The monoisotopic (exact) mass is 505 g/mol. The maximum Gasteiger partial charge on any atom is 0.250 e. The number of nitrogens with two attached hydrogens (primary N) is 1. The van der Waals surface area contributed by atoms with Crippen molar-refractivity contribution in [2.75, 3.05) is 45.4 Å². The first-order chi connectivity index (χ1) is 17.2. The van der Waals surface area contributed by atoms with Crippen molar-refractivity contribution in [3.63, 3.8) is 0 Å². The zero-order valence-corrected chi connectivity index (χ0v) is 21.6. The lowest BCUT2D eigenvalue weighted by Crippen LogP contribution is -2.25. The largest absolute Gasteiger partial charge is 0.496 e. The molecule has 4 aromatic rings. The number of aromatic nitrogens is 4. The number of ether oxygens (including phenoxy) is 1. The molecule has 0 unspecified atom stereocenters. The number of likely N-dealkylation sites (N-methyl/N-ethyl adjacent to an activating group) is 2. The van der Waals surface area contributed by atoms with Crippen LogP contribution in [0.5, 0.6) is 5.75 Å². The number of hydrogen-bond donors (Lipinski definition) is 1. The molecule has 186 valence electrons. The second-order valence-corrected chi connectivity index (χ2v) is 9.01. The zero-order valence-electron chi connectivity index (χ0n) is 20.9. The van der Waals surface area contributed by atoms with Crippen LogP contribution in [0.4, 0.5) is 11.5 Å². The van der Waals surface area contributed by atoms with Gasteiger partial charge in [0.1, 0.15) is 23.6 Å². The van der Waals surface area contributed by atoms with Crippen LogP contribution in [0.15, 0.2) is 54.9 Å². The maximum absolute atomic E-state index is 12.7. The van der Waals surface area contributed by atoms with Crippen LogP contribution in [-0.4, -0.2) is 65.4 Å². The lowest BCUT2D eigenvalue weighted by Gasteiger charge is -2.18. The van der Waals surface area contributed by atoms with E-state index >= 15 is 0 Å². The van der Waals surface area contributed by atoms with Crippen molar-refractivity contribution in [2.45, 2.75) is 6.92 Å². The molecule has 0 saturated heterocycles.